The minimum absolute atomic E-state index is 0.126. The number of halogens is 1. The molecule has 0 unspecified atom stereocenters. The van der Waals surface area contributed by atoms with E-state index in [0.717, 1.165) is 22.1 Å². The van der Waals surface area contributed by atoms with Crippen molar-refractivity contribution in [3.63, 3.8) is 0 Å². The fourth-order valence-electron chi connectivity index (χ4n) is 3.06. The van der Waals surface area contributed by atoms with Crippen LogP contribution in [-0.2, 0) is 16.0 Å². The number of carbonyl (C=O) groups is 2. The molecule has 1 heterocycles. The lowest BCUT2D eigenvalue weighted by Gasteiger charge is -2.19. The zero-order chi connectivity index (χ0) is 21.2. The van der Waals surface area contributed by atoms with Crippen molar-refractivity contribution in [3.8, 4) is 11.1 Å². The van der Waals surface area contributed by atoms with Crippen LogP contribution < -0.4 is 5.73 Å². The topological polar surface area (TPSA) is 82.3 Å². The highest BCUT2D eigenvalue weighted by Gasteiger charge is 2.16. The molecule has 3 aromatic rings. The first-order valence-electron chi connectivity index (χ1n) is 9.34. The van der Waals surface area contributed by atoms with Gasteiger partial charge in [-0.05, 0) is 68.1 Å². The van der Waals surface area contributed by atoms with Crippen molar-refractivity contribution in [1.29, 1.82) is 0 Å². The molecule has 0 fully saturated rings. The number of esters is 1. The van der Waals surface area contributed by atoms with Gasteiger partial charge in [0.05, 0.1) is 5.52 Å². The minimum atomic E-state index is -0.644. The Labute approximate surface area is 168 Å². The van der Waals surface area contributed by atoms with Gasteiger partial charge in [0.1, 0.15) is 17.1 Å². The van der Waals surface area contributed by atoms with Crippen LogP contribution in [-0.4, -0.2) is 22.5 Å². The van der Waals surface area contributed by atoms with Crippen molar-refractivity contribution in [2.45, 2.75) is 39.2 Å². The molecule has 0 radical (unpaired) electrons. The van der Waals surface area contributed by atoms with E-state index in [-0.39, 0.29) is 23.9 Å². The lowest BCUT2D eigenvalue weighted by atomic mass is 9.98. The third-order valence-corrected chi connectivity index (χ3v) is 4.32. The molecule has 0 aliphatic carbocycles. The van der Waals surface area contributed by atoms with Crippen LogP contribution in [0.3, 0.4) is 0 Å². The van der Waals surface area contributed by atoms with Gasteiger partial charge in [0.15, 0.2) is 0 Å². The summed E-state index contributed by atoms with van der Waals surface area (Å²) in [5, 5.41) is 0.808. The number of hydrogen-bond acceptors (Lipinski definition) is 4. The summed E-state index contributed by atoms with van der Waals surface area (Å²) in [6.07, 6.45) is 0.725. The van der Waals surface area contributed by atoms with Crippen molar-refractivity contribution < 1.29 is 18.7 Å². The summed E-state index contributed by atoms with van der Waals surface area (Å²) in [5.74, 6) is -1.26. The Morgan fingerprint density at radius 1 is 1.07 bits per heavy atom. The number of pyridine rings is 1. The van der Waals surface area contributed by atoms with Crippen molar-refractivity contribution in [1.82, 2.24) is 4.98 Å². The van der Waals surface area contributed by atoms with Crippen LogP contribution >= 0.6 is 0 Å². The summed E-state index contributed by atoms with van der Waals surface area (Å²) in [6, 6.07) is 13.2. The number of benzene rings is 2. The molecule has 2 N–H and O–H groups in total. The van der Waals surface area contributed by atoms with E-state index in [1.807, 2.05) is 39.0 Å². The van der Waals surface area contributed by atoms with E-state index >= 15 is 0 Å². The van der Waals surface area contributed by atoms with E-state index in [2.05, 4.69) is 4.98 Å². The first kappa shape index (κ1) is 20.5. The normalized spacial score (nSPS) is 11.4. The molecule has 1 aromatic heterocycles. The van der Waals surface area contributed by atoms with Crippen LogP contribution in [0.25, 0.3) is 22.0 Å². The maximum absolute atomic E-state index is 13.3. The van der Waals surface area contributed by atoms with Crippen LogP contribution in [0, 0.1) is 5.82 Å². The summed E-state index contributed by atoms with van der Waals surface area (Å²) in [4.78, 5) is 28.1. The van der Waals surface area contributed by atoms with Crippen LogP contribution in [0.15, 0.2) is 48.5 Å². The zero-order valence-electron chi connectivity index (χ0n) is 16.7. The van der Waals surface area contributed by atoms with E-state index in [0.29, 0.717) is 11.9 Å². The van der Waals surface area contributed by atoms with E-state index in [9.17, 15) is 14.0 Å². The molecular weight excluding hydrogens is 371 g/mol. The van der Waals surface area contributed by atoms with Crippen LogP contribution in [0.4, 0.5) is 4.39 Å². The van der Waals surface area contributed by atoms with Gasteiger partial charge in [0.2, 0.25) is 0 Å². The smallest absolute Gasteiger partial charge is 0.306 e. The molecular formula is C23H23FN2O3. The molecule has 0 aliphatic heterocycles. The average molecular weight is 394 g/mol. The molecule has 0 spiro atoms. The van der Waals surface area contributed by atoms with Crippen LogP contribution in [0.1, 0.15) is 43.2 Å². The highest BCUT2D eigenvalue weighted by atomic mass is 19.1. The zero-order valence-corrected chi connectivity index (χ0v) is 16.7. The molecule has 1 amide bonds. The first-order valence-corrected chi connectivity index (χ1v) is 9.34. The number of nitrogens with zero attached hydrogens (tertiary/aromatic N) is 1. The van der Waals surface area contributed by atoms with Gasteiger partial charge in [-0.1, -0.05) is 24.3 Å². The third kappa shape index (κ3) is 5.16. The predicted molar refractivity (Wildman–Crippen MR) is 110 cm³/mol. The Hall–Kier alpha value is -3.28. The minimum Gasteiger partial charge on any atom is -0.460 e. The Kier molecular flexibility index (Phi) is 5.64. The fourth-order valence-corrected chi connectivity index (χ4v) is 3.06. The van der Waals surface area contributed by atoms with Crippen molar-refractivity contribution >= 4 is 22.8 Å². The van der Waals surface area contributed by atoms with Crippen molar-refractivity contribution in [3.05, 3.63) is 65.6 Å². The van der Waals surface area contributed by atoms with Gasteiger partial charge >= 0.3 is 5.97 Å². The largest absolute Gasteiger partial charge is 0.460 e. The summed E-state index contributed by atoms with van der Waals surface area (Å²) in [6.45, 7) is 5.48. The number of aromatic nitrogens is 1. The Morgan fingerprint density at radius 3 is 2.38 bits per heavy atom. The fraction of sp³-hybridized carbons (Fsp3) is 0.261. The van der Waals surface area contributed by atoms with Gasteiger partial charge in [-0.15, -0.1) is 0 Å². The van der Waals surface area contributed by atoms with Gasteiger partial charge in [0.25, 0.3) is 5.91 Å². The number of fused-ring (bicyclic) bond motifs is 1. The number of aryl methyl sites for hydroxylation is 1. The summed E-state index contributed by atoms with van der Waals surface area (Å²) in [5.41, 5.74) is 8.02. The highest BCUT2D eigenvalue weighted by molar-refractivity contribution is 6.00. The van der Waals surface area contributed by atoms with Gasteiger partial charge < -0.3 is 10.5 Å². The molecule has 6 heteroatoms. The second-order valence-corrected chi connectivity index (χ2v) is 7.86. The van der Waals surface area contributed by atoms with Crippen LogP contribution in [0.2, 0.25) is 0 Å². The molecule has 0 bridgehead atoms. The standard InChI is InChI=1S/C23H23FN2O3/c1-23(2,3)29-21(27)11-5-14-4-10-17-18(15-6-8-16(24)9-7-15)13-20(22(25)28)26-19(17)12-14/h4,6-10,12-13H,5,11H2,1-3H3,(H2,25,28). The predicted octanol–water partition coefficient (Wildman–Crippen LogP) is 4.41. The van der Waals surface area contributed by atoms with Crippen molar-refractivity contribution in [2.75, 3.05) is 0 Å². The number of ether oxygens (including phenoxy) is 1. The van der Waals surface area contributed by atoms with Crippen molar-refractivity contribution in [2.24, 2.45) is 5.73 Å². The second kappa shape index (κ2) is 7.99. The number of primary amides is 1. The lowest BCUT2D eigenvalue weighted by molar-refractivity contribution is -0.154. The average Bonchev–Trinajstić information content (AvgIpc) is 2.64. The molecule has 0 aliphatic rings. The number of nitrogens with two attached hydrogens (primary N) is 1. The maximum Gasteiger partial charge on any atom is 0.306 e. The third-order valence-electron chi connectivity index (χ3n) is 4.32. The lowest BCUT2D eigenvalue weighted by Crippen LogP contribution is -2.24. The van der Waals surface area contributed by atoms with E-state index < -0.39 is 11.5 Å². The van der Waals surface area contributed by atoms with Crippen LogP contribution in [0.5, 0.6) is 0 Å². The van der Waals surface area contributed by atoms with E-state index in [1.165, 1.54) is 12.1 Å². The number of amides is 1. The second-order valence-electron chi connectivity index (χ2n) is 7.86. The van der Waals surface area contributed by atoms with Gasteiger partial charge in [-0.3, -0.25) is 9.59 Å². The molecule has 0 atom stereocenters. The Balaban J connectivity index is 1.96. The first-order chi connectivity index (χ1) is 13.6. The maximum atomic E-state index is 13.3. The van der Waals surface area contributed by atoms with Gasteiger partial charge in [-0.25, -0.2) is 9.37 Å². The number of carbonyl (C=O) groups excluding carboxylic acids is 2. The number of hydrogen-bond donors (Lipinski definition) is 1. The number of rotatable bonds is 5. The molecule has 3 rings (SSSR count). The Morgan fingerprint density at radius 2 is 1.76 bits per heavy atom. The molecule has 5 nitrogen and oxygen atoms in total. The summed E-state index contributed by atoms with van der Waals surface area (Å²) >= 11 is 0. The summed E-state index contributed by atoms with van der Waals surface area (Å²) < 4.78 is 18.6. The molecule has 2 aromatic carbocycles. The SMILES string of the molecule is CC(C)(C)OC(=O)CCc1ccc2c(-c3ccc(F)cc3)cc(C(N)=O)nc2c1. The molecule has 29 heavy (non-hydrogen) atoms. The van der Waals surface area contributed by atoms with E-state index in [4.69, 9.17) is 10.5 Å². The molecule has 0 saturated heterocycles. The monoisotopic (exact) mass is 394 g/mol. The summed E-state index contributed by atoms with van der Waals surface area (Å²) in [7, 11) is 0. The molecule has 150 valence electrons. The van der Waals surface area contributed by atoms with E-state index in [1.54, 1.807) is 18.2 Å². The highest BCUT2D eigenvalue weighted by Crippen LogP contribution is 2.30. The van der Waals surface area contributed by atoms with Gasteiger partial charge in [0, 0.05) is 11.8 Å². The quantitative estimate of drug-likeness (QED) is 0.650. The Bertz CT molecular complexity index is 1070. The van der Waals surface area contributed by atoms with Gasteiger partial charge in [-0.2, -0.15) is 0 Å². The molecule has 0 saturated carbocycles.